The van der Waals surface area contributed by atoms with Crippen molar-refractivity contribution in [2.75, 3.05) is 17.6 Å². The van der Waals surface area contributed by atoms with Crippen LogP contribution in [0.3, 0.4) is 0 Å². The summed E-state index contributed by atoms with van der Waals surface area (Å²) in [6.45, 7) is 4.53. The van der Waals surface area contributed by atoms with E-state index in [0.29, 0.717) is 12.2 Å². The summed E-state index contributed by atoms with van der Waals surface area (Å²) in [4.78, 5) is 0. The van der Waals surface area contributed by atoms with Gasteiger partial charge in [0.25, 0.3) is 0 Å². The van der Waals surface area contributed by atoms with Crippen molar-refractivity contribution in [2.24, 2.45) is 0 Å². The lowest BCUT2D eigenvalue weighted by atomic mass is 10.0. The Morgan fingerprint density at radius 3 is 2.63 bits per heavy atom. The van der Waals surface area contributed by atoms with Crippen LogP contribution in [0.1, 0.15) is 39.5 Å². The molecule has 1 aromatic carbocycles. The molecule has 106 valence electrons. The summed E-state index contributed by atoms with van der Waals surface area (Å²) < 4.78 is 5.65. The lowest BCUT2D eigenvalue weighted by Crippen LogP contribution is -2.33. The Hall–Kier alpha value is -1.42. The summed E-state index contributed by atoms with van der Waals surface area (Å²) in [5, 5.41) is 13.6. The molecular formula is C15H24N2O2. The van der Waals surface area contributed by atoms with E-state index in [9.17, 15) is 5.11 Å². The first-order chi connectivity index (χ1) is 8.97. The van der Waals surface area contributed by atoms with Gasteiger partial charge in [-0.25, -0.2) is 0 Å². The molecular weight excluding hydrogens is 240 g/mol. The number of nitrogens with two attached hydrogens (primary N) is 1. The fraction of sp³-hybridized carbons (Fsp3) is 0.600. The van der Waals surface area contributed by atoms with Gasteiger partial charge < -0.3 is 20.9 Å². The molecule has 1 aliphatic carbocycles. The van der Waals surface area contributed by atoms with E-state index in [2.05, 4.69) is 5.32 Å². The van der Waals surface area contributed by atoms with Gasteiger partial charge in [0.2, 0.25) is 0 Å². The number of nitrogen functional groups attached to an aromatic ring is 1. The Kier molecular flexibility index (Phi) is 4.20. The molecule has 4 nitrogen and oxygen atoms in total. The molecule has 4 N–H and O–H groups in total. The second kappa shape index (κ2) is 5.70. The largest absolute Gasteiger partial charge is 0.491 e. The summed E-state index contributed by atoms with van der Waals surface area (Å²) in [6.07, 6.45) is 4.08. The lowest BCUT2D eigenvalue weighted by molar-refractivity contribution is 0.0614. The van der Waals surface area contributed by atoms with Gasteiger partial charge in [-0.2, -0.15) is 0 Å². The van der Waals surface area contributed by atoms with Crippen LogP contribution in [-0.2, 0) is 0 Å². The van der Waals surface area contributed by atoms with Crippen molar-refractivity contribution in [2.45, 2.75) is 51.2 Å². The molecule has 0 amide bonds. The topological polar surface area (TPSA) is 67.5 Å². The number of nitrogens with one attached hydrogen (secondary N) is 1. The van der Waals surface area contributed by atoms with Crippen LogP contribution >= 0.6 is 0 Å². The first kappa shape index (κ1) is 14.0. The second-order valence-electron chi connectivity index (χ2n) is 5.74. The molecule has 0 aliphatic heterocycles. The molecule has 0 atom stereocenters. The standard InChI is InChI=1S/C15H24N2O2/c1-11(2)19-14-8-12(16)7-13(9-14)17-10-15(18)5-3-4-6-15/h7-9,11,17-18H,3-6,10,16H2,1-2H3. The smallest absolute Gasteiger partial charge is 0.123 e. The van der Waals surface area contributed by atoms with E-state index >= 15 is 0 Å². The maximum Gasteiger partial charge on any atom is 0.123 e. The molecule has 1 fully saturated rings. The zero-order chi connectivity index (χ0) is 13.9. The number of hydrogen-bond acceptors (Lipinski definition) is 4. The highest BCUT2D eigenvalue weighted by molar-refractivity contribution is 5.59. The van der Waals surface area contributed by atoms with E-state index in [4.69, 9.17) is 10.5 Å². The van der Waals surface area contributed by atoms with Crippen LogP contribution in [0.25, 0.3) is 0 Å². The highest BCUT2D eigenvalue weighted by Gasteiger charge is 2.30. The normalized spacial score (nSPS) is 17.7. The minimum Gasteiger partial charge on any atom is -0.491 e. The van der Waals surface area contributed by atoms with Crippen molar-refractivity contribution in [1.29, 1.82) is 0 Å². The Balaban J connectivity index is 2.01. The van der Waals surface area contributed by atoms with E-state index < -0.39 is 5.60 Å². The van der Waals surface area contributed by atoms with Gasteiger partial charge in [0.15, 0.2) is 0 Å². The van der Waals surface area contributed by atoms with E-state index in [1.807, 2.05) is 32.0 Å². The summed E-state index contributed by atoms with van der Waals surface area (Å²) in [5.41, 5.74) is 6.87. The summed E-state index contributed by atoms with van der Waals surface area (Å²) in [7, 11) is 0. The van der Waals surface area contributed by atoms with Gasteiger partial charge in [-0.15, -0.1) is 0 Å². The average Bonchev–Trinajstić information content (AvgIpc) is 2.73. The van der Waals surface area contributed by atoms with Crippen LogP contribution in [-0.4, -0.2) is 23.4 Å². The Labute approximate surface area is 115 Å². The van der Waals surface area contributed by atoms with Crippen molar-refractivity contribution in [3.05, 3.63) is 18.2 Å². The van der Waals surface area contributed by atoms with Crippen LogP contribution in [0.15, 0.2) is 18.2 Å². The zero-order valence-corrected chi connectivity index (χ0v) is 11.8. The molecule has 0 bridgehead atoms. The van der Waals surface area contributed by atoms with Gasteiger partial charge in [-0.1, -0.05) is 12.8 Å². The third-order valence-corrected chi connectivity index (χ3v) is 3.46. The van der Waals surface area contributed by atoms with Crippen LogP contribution < -0.4 is 15.8 Å². The molecule has 0 unspecified atom stereocenters. The van der Waals surface area contributed by atoms with Gasteiger partial charge >= 0.3 is 0 Å². The quantitative estimate of drug-likeness (QED) is 0.715. The first-order valence-corrected chi connectivity index (χ1v) is 7.00. The third kappa shape index (κ3) is 4.03. The van der Waals surface area contributed by atoms with Crippen molar-refractivity contribution >= 4 is 11.4 Å². The molecule has 19 heavy (non-hydrogen) atoms. The number of ether oxygens (including phenoxy) is 1. The highest BCUT2D eigenvalue weighted by Crippen LogP contribution is 2.30. The SMILES string of the molecule is CC(C)Oc1cc(N)cc(NCC2(O)CCCC2)c1. The van der Waals surface area contributed by atoms with Crippen molar-refractivity contribution in [1.82, 2.24) is 0 Å². The number of rotatable bonds is 5. The Morgan fingerprint density at radius 2 is 2.00 bits per heavy atom. The van der Waals surface area contributed by atoms with Gasteiger partial charge in [0.05, 0.1) is 11.7 Å². The minimum atomic E-state index is -0.566. The maximum absolute atomic E-state index is 10.3. The predicted octanol–water partition coefficient (Wildman–Crippen LogP) is 2.77. The van der Waals surface area contributed by atoms with E-state index in [-0.39, 0.29) is 6.10 Å². The van der Waals surface area contributed by atoms with Crippen molar-refractivity contribution in [3.8, 4) is 5.75 Å². The van der Waals surface area contributed by atoms with Gasteiger partial charge in [0.1, 0.15) is 5.75 Å². The lowest BCUT2D eigenvalue weighted by Gasteiger charge is -2.23. The van der Waals surface area contributed by atoms with Crippen LogP contribution in [0.2, 0.25) is 0 Å². The number of aliphatic hydroxyl groups is 1. The monoisotopic (exact) mass is 264 g/mol. The van der Waals surface area contributed by atoms with E-state index in [1.54, 1.807) is 0 Å². The fourth-order valence-electron chi connectivity index (χ4n) is 2.54. The number of benzene rings is 1. The van der Waals surface area contributed by atoms with Crippen LogP contribution in [0, 0.1) is 0 Å². The molecule has 0 heterocycles. The average molecular weight is 264 g/mol. The molecule has 0 radical (unpaired) electrons. The molecule has 0 spiro atoms. The second-order valence-corrected chi connectivity index (χ2v) is 5.74. The maximum atomic E-state index is 10.3. The Morgan fingerprint density at radius 1 is 1.32 bits per heavy atom. The van der Waals surface area contributed by atoms with Crippen molar-refractivity contribution < 1.29 is 9.84 Å². The van der Waals surface area contributed by atoms with E-state index in [1.165, 1.54) is 0 Å². The molecule has 0 aromatic heterocycles. The third-order valence-electron chi connectivity index (χ3n) is 3.46. The summed E-state index contributed by atoms with van der Waals surface area (Å²) in [6, 6.07) is 5.61. The molecule has 1 saturated carbocycles. The van der Waals surface area contributed by atoms with Gasteiger partial charge in [-0.3, -0.25) is 0 Å². The molecule has 2 rings (SSSR count). The first-order valence-electron chi connectivity index (χ1n) is 7.00. The molecule has 4 heteroatoms. The summed E-state index contributed by atoms with van der Waals surface area (Å²) in [5.74, 6) is 0.760. The summed E-state index contributed by atoms with van der Waals surface area (Å²) >= 11 is 0. The molecule has 0 saturated heterocycles. The Bertz CT molecular complexity index is 426. The number of anilines is 2. The minimum absolute atomic E-state index is 0.119. The predicted molar refractivity (Wildman–Crippen MR) is 78.5 cm³/mol. The van der Waals surface area contributed by atoms with Crippen molar-refractivity contribution in [3.63, 3.8) is 0 Å². The van der Waals surface area contributed by atoms with Gasteiger partial charge in [-0.05, 0) is 32.8 Å². The van der Waals surface area contributed by atoms with E-state index in [0.717, 1.165) is 37.1 Å². The highest BCUT2D eigenvalue weighted by atomic mass is 16.5. The fourth-order valence-corrected chi connectivity index (χ4v) is 2.54. The molecule has 1 aromatic rings. The van der Waals surface area contributed by atoms with Crippen LogP contribution in [0.5, 0.6) is 5.75 Å². The zero-order valence-electron chi connectivity index (χ0n) is 11.8. The number of hydrogen-bond donors (Lipinski definition) is 3. The van der Waals surface area contributed by atoms with Crippen LogP contribution in [0.4, 0.5) is 11.4 Å². The molecule has 1 aliphatic rings. The van der Waals surface area contributed by atoms with Gasteiger partial charge in [0, 0.05) is 30.1 Å².